The zero-order valence-corrected chi connectivity index (χ0v) is 10.9. The van der Waals surface area contributed by atoms with Crippen LogP contribution < -0.4 is 47.7 Å². The summed E-state index contributed by atoms with van der Waals surface area (Å²) in [6.07, 6.45) is -0.722. The summed E-state index contributed by atoms with van der Waals surface area (Å²) in [6, 6.07) is 0. The van der Waals surface area contributed by atoms with E-state index < -0.39 is 23.6 Å². The fourth-order valence-corrected chi connectivity index (χ4v) is 0.343. The Morgan fingerprint density at radius 1 is 0.588 bits per heavy atom. The van der Waals surface area contributed by atoms with Crippen molar-refractivity contribution in [3.8, 4) is 0 Å². The van der Waals surface area contributed by atoms with Crippen molar-refractivity contribution in [2.45, 2.75) is 12.8 Å². The van der Waals surface area contributed by atoms with Gasteiger partial charge in [-0.1, -0.05) is 0 Å². The first-order valence-electron chi connectivity index (χ1n) is 3.39. The minimum absolute atomic E-state index is 0. The summed E-state index contributed by atoms with van der Waals surface area (Å²) in [5, 5.41) is 0. The monoisotopic (exact) mass is 337 g/mol. The molecule has 8 N–H and O–H groups in total. The fraction of sp³-hybridized carbons (Fsp3) is 0.333. The van der Waals surface area contributed by atoms with Crippen LogP contribution in [0.2, 0.25) is 0 Å². The molecule has 1 radical (unpaired) electrons. The molecule has 0 aliphatic rings. The van der Waals surface area contributed by atoms with E-state index in [0.717, 1.165) is 0 Å². The van der Waals surface area contributed by atoms with Crippen LogP contribution in [-0.2, 0) is 36.2 Å². The van der Waals surface area contributed by atoms with Gasteiger partial charge in [-0.3, -0.25) is 19.2 Å². The van der Waals surface area contributed by atoms with Crippen molar-refractivity contribution < 1.29 is 61.1 Å². The molecule has 0 aliphatic carbocycles. The summed E-state index contributed by atoms with van der Waals surface area (Å²) in [5.41, 5.74) is 18.2. The number of primary amides is 4. The largest absolute Gasteiger partial charge is 2.00 e. The predicted molar refractivity (Wildman–Crippen MR) is 46.0 cm³/mol. The quantitative estimate of drug-likeness (QED) is 0.294. The van der Waals surface area contributed by atoms with Crippen LogP contribution in [0.1, 0.15) is 12.8 Å². The van der Waals surface area contributed by atoms with Crippen LogP contribution in [0, 0.1) is 0 Å². The second-order valence-electron chi connectivity index (χ2n) is 2.22. The van der Waals surface area contributed by atoms with Gasteiger partial charge in [0.15, 0.2) is 0 Å². The third kappa shape index (κ3) is 51.8. The van der Waals surface area contributed by atoms with Gasteiger partial charge in [-0.2, -0.15) is 0 Å². The zero-order valence-electron chi connectivity index (χ0n) is 8.41. The van der Waals surface area contributed by atoms with Crippen LogP contribution in [0.25, 0.3) is 0 Å². The van der Waals surface area contributed by atoms with E-state index in [9.17, 15) is 19.2 Å². The Balaban J connectivity index is -0.0000000480. The zero-order chi connectivity index (χ0) is 11.7. The molecule has 8 nitrogen and oxygen atoms in total. The van der Waals surface area contributed by atoms with Crippen LogP contribution in [0.15, 0.2) is 0 Å². The summed E-state index contributed by atoms with van der Waals surface area (Å²) < 4.78 is 0. The topological polar surface area (TPSA) is 172 Å². The molecule has 0 aromatic heterocycles. The van der Waals surface area contributed by atoms with Crippen LogP contribution >= 0.6 is 0 Å². The number of nitrogens with two attached hydrogens (primary N) is 4. The first-order valence-corrected chi connectivity index (χ1v) is 3.39. The number of carbonyl (C=O) groups is 4. The van der Waals surface area contributed by atoms with E-state index in [1.54, 1.807) is 0 Å². The molecule has 0 aliphatic heterocycles. The summed E-state index contributed by atoms with van der Waals surface area (Å²) in [6.45, 7) is 0. The summed E-state index contributed by atoms with van der Waals surface area (Å²) in [4.78, 5) is 38.9. The van der Waals surface area contributed by atoms with Crippen LogP contribution in [0.4, 0.5) is 0 Å². The van der Waals surface area contributed by atoms with E-state index in [-0.39, 0.29) is 54.7 Å². The van der Waals surface area contributed by atoms with Gasteiger partial charge >= 0.3 is 17.1 Å². The maximum Gasteiger partial charge on any atom is 2.00 e. The molecule has 0 saturated heterocycles. The molecular formula is C6H12Cl2CuN4O4. The molecule has 0 aromatic carbocycles. The number of rotatable bonds is 4. The average molecular weight is 339 g/mol. The van der Waals surface area contributed by atoms with Crippen molar-refractivity contribution >= 4 is 23.6 Å². The van der Waals surface area contributed by atoms with Crippen LogP contribution in [0.5, 0.6) is 0 Å². The summed E-state index contributed by atoms with van der Waals surface area (Å²) >= 11 is 0. The molecule has 11 heteroatoms. The normalized spacial score (nSPS) is 6.59. The minimum Gasteiger partial charge on any atom is -1.00 e. The van der Waals surface area contributed by atoms with Crippen molar-refractivity contribution in [3.05, 3.63) is 0 Å². The first kappa shape index (κ1) is 29.7. The van der Waals surface area contributed by atoms with E-state index in [4.69, 9.17) is 0 Å². The molecule has 0 heterocycles. The Kier molecular flexibility index (Phi) is 30.4. The number of carbonyl (C=O) groups excluding carboxylic acids is 4. The Labute approximate surface area is 120 Å². The molecule has 0 aromatic rings. The van der Waals surface area contributed by atoms with Gasteiger partial charge in [-0.15, -0.1) is 0 Å². The first-order chi connectivity index (χ1) is 6.25. The molecule has 17 heavy (non-hydrogen) atoms. The molecule has 0 unspecified atom stereocenters. The van der Waals surface area contributed by atoms with Crippen molar-refractivity contribution in [2.75, 3.05) is 0 Å². The predicted octanol–water partition coefficient (Wildman–Crippen LogP) is -9.30. The molecule has 0 bridgehead atoms. The molecule has 4 amide bonds. The Hall–Kier alpha value is -1.02. The number of amides is 4. The maximum absolute atomic E-state index is 9.73. The molecule has 0 saturated carbocycles. The molecule has 105 valence electrons. The van der Waals surface area contributed by atoms with Crippen molar-refractivity contribution in [3.63, 3.8) is 0 Å². The van der Waals surface area contributed by atoms with Crippen LogP contribution in [0.3, 0.4) is 0 Å². The van der Waals surface area contributed by atoms with E-state index in [1.807, 2.05) is 0 Å². The van der Waals surface area contributed by atoms with Gasteiger partial charge in [0.2, 0.25) is 23.6 Å². The van der Waals surface area contributed by atoms with Crippen molar-refractivity contribution in [2.24, 2.45) is 22.9 Å². The second kappa shape index (κ2) is 17.4. The smallest absolute Gasteiger partial charge is 1.00 e. The third-order valence-electron chi connectivity index (χ3n) is 0.697. The Bertz CT molecular complexity index is 214. The van der Waals surface area contributed by atoms with Gasteiger partial charge in [-0.05, 0) is 0 Å². The van der Waals surface area contributed by atoms with Gasteiger partial charge in [0.1, 0.15) is 12.8 Å². The van der Waals surface area contributed by atoms with Gasteiger partial charge in [-0.25, -0.2) is 0 Å². The standard InChI is InChI=1S/2C3H6N2O2.2ClH.Cu/c2*4-2(6)1-3(5)7;;;/h2*1H2,(H2,4,6)(H2,5,7);2*1H;/q;;;;+2/p-2. The SMILES string of the molecule is NC(=O)CC(N)=O.NC(=O)CC(N)=O.[Cl-].[Cl-].[Cu+2]. The summed E-state index contributed by atoms with van der Waals surface area (Å²) in [5.74, 6) is -2.75. The maximum atomic E-state index is 9.73. The molecule has 0 rings (SSSR count). The molecular weight excluding hydrogens is 327 g/mol. The Morgan fingerprint density at radius 2 is 0.706 bits per heavy atom. The van der Waals surface area contributed by atoms with Crippen molar-refractivity contribution in [1.29, 1.82) is 0 Å². The van der Waals surface area contributed by atoms with E-state index in [1.165, 1.54) is 0 Å². The van der Waals surface area contributed by atoms with E-state index in [0.29, 0.717) is 0 Å². The van der Waals surface area contributed by atoms with Crippen molar-refractivity contribution in [1.82, 2.24) is 0 Å². The number of hydrogen-bond acceptors (Lipinski definition) is 4. The average Bonchev–Trinajstić information content (AvgIpc) is 1.79. The molecule has 0 fully saturated rings. The van der Waals surface area contributed by atoms with E-state index >= 15 is 0 Å². The fourth-order valence-electron chi connectivity index (χ4n) is 0.343. The number of halogens is 2. The van der Waals surface area contributed by atoms with Gasteiger partial charge in [0.05, 0.1) is 0 Å². The number of hydrogen-bond donors (Lipinski definition) is 4. The summed E-state index contributed by atoms with van der Waals surface area (Å²) in [7, 11) is 0. The molecule has 0 atom stereocenters. The van der Waals surface area contributed by atoms with Gasteiger partial charge in [0.25, 0.3) is 0 Å². The van der Waals surface area contributed by atoms with Gasteiger partial charge < -0.3 is 47.7 Å². The van der Waals surface area contributed by atoms with E-state index in [2.05, 4.69) is 22.9 Å². The second-order valence-corrected chi connectivity index (χ2v) is 2.22. The van der Waals surface area contributed by atoms with Crippen LogP contribution in [-0.4, -0.2) is 23.6 Å². The van der Waals surface area contributed by atoms with Gasteiger partial charge in [0, 0.05) is 0 Å². The third-order valence-corrected chi connectivity index (χ3v) is 0.697. The molecule has 0 spiro atoms. The Morgan fingerprint density at radius 3 is 0.706 bits per heavy atom. The minimum atomic E-state index is -0.687.